The highest BCUT2D eigenvalue weighted by molar-refractivity contribution is 7.98. The van der Waals surface area contributed by atoms with Gasteiger partial charge < -0.3 is 9.67 Å². The zero-order chi connectivity index (χ0) is 19.6. The Labute approximate surface area is 165 Å². The largest absolute Gasteiger partial charge is 0.481 e. The summed E-state index contributed by atoms with van der Waals surface area (Å²) in [5.41, 5.74) is 4.56. The first-order valence-electron chi connectivity index (χ1n) is 8.42. The smallest absolute Gasteiger partial charge is 0.307 e. The van der Waals surface area contributed by atoms with Crippen LogP contribution >= 0.6 is 11.8 Å². The lowest BCUT2D eigenvalue weighted by Crippen LogP contribution is -2.03. The van der Waals surface area contributed by atoms with E-state index in [0.717, 1.165) is 33.1 Å². The van der Waals surface area contributed by atoms with E-state index in [1.807, 2.05) is 55.6 Å². The van der Waals surface area contributed by atoms with E-state index in [1.54, 1.807) is 18.0 Å². The maximum Gasteiger partial charge on any atom is 0.307 e. The third kappa shape index (κ3) is 4.17. The third-order valence-electron chi connectivity index (χ3n) is 4.51. The number of hydrogen-bond donors (Lipinski definition) is 1. The highest BCUT2D eigenvalue weighted by Gasteiger charge is 2.17. The molecular weight excluding hydrogens is 378 g/mol. The average Bonchev–Trinajstić information content (AvgIpc) is 2.97. The van der Waals surface area contributed by atoms with Gasteiger partial charge in [0, 0.05) is 38.2 Å². The van der Waals surface area contributed by atoms with Crippen LogP contribution < -0.4 is 0 Å². The number of hydrogen-bond acceptors (Lipinski definition) is 3. The van der Waals surface area contributed by atoms with Gasteiger partial charge in [-0.3, -0.25) is 9.00 Å². The van der Waals surface area contributed by atoms with Crippen molar-refractivity contribution in [2.24, 2.45) is 0 Å². The molecule has 3 rings (SSSR count). The van der Waals surface area contributed by atoms with Gasteiger partial charge >= 0.3 is 5.97 Å². The molecule has 3 aromatic rings. The summed E-state index contributed by atoms with van der Waals surface area (Å²) >= 11 is 1.68. The Hall–Kier alpha value is -2.31. The molecule has 27 heavy (non-hydrogen) atoms. The van der Waals surface area contributed by atoms with Gasteiger partial charge in [0.2, 0.25) is 0 Å². The molecule has 0 aliphatic rings. The van der Waals surface area contributed by atoms with Crippen molar-refractivity contribution in [3.63, 3.8) is 0 Å². The molecular formula is C21H21NO3S2. The van der Waals surface area contributed by atoms with Gasteiger partial charge in [0.1, 0.15) is 0 Å². The van der Waals surface area contributed by atoms with Gasteiger partial charge in [0.05, 0.1) is 12.1 Å². The Morgan fingerprint density at radius 1 is 1.11 bits per heavy atom. The molecule has 6 heteroatoms. The lowest BCUT2D eigenvalue weighted by molar-refractivity contribution is -0.136. The quantitative estimate of drug-likeness (QED) is 0.618. The molecule has 0 saturated heterocycles. The molecule has 1 unspecified atom stereocenters. The van der Waals surface area contributed by atoms with Crippen LogP contribution in [0.3, 0.4) is 0 Å². The molecule has 140 valence electrons. The number of carbonyl (C=O) groups is 1. The van der Waals surface area contributed by atoms with Crippen LogP contribution in [0.2, 0.25) is 0 Å². The van der Waals surface area contributed by atoms with Crippen LogP contribution in [0, 0.1) is 6.92 Å². The molecule has 1 aromatic heterocycles. The van der Waals surface area contributed by atoms with Gasteiger partial charge in [0.15, 0.2) is 0 Å². The second-order valence-electron chi connectivity index (χ2n) is 6.22. The van der Waals surface area contributed by atoms with Crippen molar-refractivity contribution in [3.8, 4) is 16.9 Å². The molecule has 0 aliphatic heterocycles. The predicted octanol–water partition coefficient (Wildman–Crippen LogP) is 4.54. The van der Waals surface area contributed by atoms with Gasteiger partial charge in [-0.1, -0.05) is 12.1 Å². The van der Waals surface area contributed by atoms with Gasteiger partial charge in [-0.05, 0) is 66.8 Å². The van der Waals surface area contributed by atoms with Crippen LogP contribution in [0.5, 0.6) is 0 Å². The number of benzene rings is 2. The van der Waals surface area contributed by atoms with E-state index < -0.39 is 16.8 Å². The first-order valence-corrected chi connectivity index (χ1v) is 11.2. The number of nitrogens with zero attached hydrogens (tertiary/aromatic N) is 1. The lowest BCUT2D eigenvalue weighted by Gasteiger charge is -2.13. The van der Waals surface area contributed by atoms with Crippen molar-refractivity contribution < 1.29 is 14.1 Å². The van der Waals surface area contributed by atoms with E-state index in [9.17, 15) is 14.1 Å². The molecule has 0 radical (unpaired) electrons. The maximum absolute atomic E-state index is 11.7. The molecule has 1 N–H and O–H groups in total. The van der Waals surface area contributed by atoms with Crippen molar-refractivity contribution in [3.05, 3.63) is 65.9 Å². The van der Waals surface area contributed by atoms with Crippen LogP contribution in [-0.4, -0.2) is 32.4 Å². The minimum atomic E-state index is -1.03. The SMILES string of the molecule is CSc1ccc(-n2c(-c3ccc(S(C)=O)cc3)cc(CC(=O)O)c2C)cc1. The highest BCUT2D eigenvalue weighted by Crippen LogP contribution is 2.31. The number of rotatable bonds is 6. The molecule has 0 bridgehead atoms. The molecule has 2 aromatic carbocycles. The van der Waals surface area contributed by atoms with Crippen molar-refractivity contribution in [1.29, 1.82) is 0 Å². The third-order valence-corrected chi connectivity index (χ3v) is 6.19. The van der Waals surface area contributed by atoms with Crippen LogP contribution in [0.25, 0.3) is 16.9 Å². The molecule has 1 atom stereocenters. The summed E-state index contributed by atoms with van der Waals surface area (Å²) in [5, 5.41) is 9.25. The van der Waals surface area contributed by atoms with Crippen LogP contribution in [0.1, 0.15) is 11.3 Å². The molecule has 0 amide bonds. The minimum absolute atomic E-state index is 0.0220. The van der Waals surface area contributed by atoms with Crippen molar-refractivity contribution in [2.45, 2.75) is 23.1 Å². The Balaban J connectivity index is 2.15. The van der Waals surface area contributed by atoms with E-state index in [2.05, 4.69) is 16.7 Å². The zero-order valence-corrected chi connectivity index (χ0v) is 17.1. The van der Waals surface area contributed by atoms with E-state index in [-0.39, 0.29) is 6.42 Å². The summed E-state index contributed by atoms with van der Waals surface area (Å²) in [6, 6.07) is 17.7. The number of aliphatic carboxylic acids is 1. The molecule has 0 fully saturated rings. The normalized spacial score (nSPS) is 12.1. The standard InChI is InChI=1S/C21H21NO3S2/c1-14-16(13-21(23)24)12-20(15-4-10-19(11-5-15)27(3)25)22(14)17-6-8-18(26-2)9-7-17/h4-12H,13H2,1-3H3,(H,23,24). The second-order valence-corrected chi connectivity index (χ2v) is 8.48. The second kappa shape index (κ2) is 8.15. The van der Waals surface area contributed by atoms with Gasteiger partial charge in [-0.25, -0.2) is 0 Å². The van der Waals surface area contributed by atoms with E-state index in [0.29, 0.717) is 0 Å². The van der Waals surface area contributed by atoms with Crippen molar-refractivity contribution in [1.82, 2.24) is 4.57 Å². The lowest BCUT2D eigenvalue weighted by atomic mass is 10.1. The summed E-state index contributed by atoms with van der Waals surface area (Å²) < 4.78 is 13.7. The molecule has 1 heterocycles. The summed E-state index contributed by atoms with van der Waals surface area (Å²) in [6.45, 7) is 1.94. The number of thioether (sulfide) groups is 1. The topological polar surface area (TPSA) is 59.3 Å². The number of carboxylic acid groups (broad SMARTS) is 1. The first-order chi connectivity index (χ1) is 12.9. The van der Waals surface area contributed by atoms with E-state index in [4.69, 9.17) is 0 Å². The fourth-order valence-electron chi connectivity index (χ4n) is 3.09. The minimum Gasteiger partial charge on any atom is -0.481 e. The van der Waals surface area contributed by atoms with Crippen molar-refractivity contribution in [2.75, 3.05) is 12.5 Å². The van der Waals surface area contributed by atoms with Gasteiger partial charge in [-0.2, -0.15) is 0 Å². The Morgan fingerprint density at radius 3 is 2.26 bits per heavy atom. The molecule has 0 spiro atoms. The first kappa shape index (κ1) is 19.5. The van der Waals surface area contributed by atoms with Gasteiger partial charge in [-0.15, -0.1) is 11.8 Å². The summed E-state index contributed by atoms with van der Waals surface area (Å²) in [7, 11) is -1.03. The summed E-state index contributed by atoms with van der Waals surface area (Å²) in [5.74, 6) is -0.851. The Bertz CT molecular complexity index is 990. The summed E-state index contributed by atoms with van der Waals surface area (Å²) in [6.07, 6.45) is 3.66. The van der Waals surface area contributed by atoms with E-state index in [1.165, 1.54) is 4.90 Å². The van der Waals surface area contributed by atoms with Crippen LogP contribution in [0.4, 0.5) is 0 Å². The zero-order valence-electron chi connectivity index (χ0n) is 15.4. The average molecular weight is 400 g/mol. The van der Waals surface area contributed by atoms with Crippen LogP contribution in [0.15, 0.2) is 64.4 Å². The number of aromatic nitrogens is 1. The predicted molar refractivity (Wildman–Crippen MR) is 111 cm³/mol. The molecule has 0 aliphatic carbocycles. The van der Waals surface area contributed by atoms with Gasteiger partial charge in [0.25, 0.3) is 0 Å². The van der Waals surface area contributed by atoms with E-state index >= 15 is 0 Å². The van der Waals surface area contributed by atoms with Crippen molar-refractivity contribution >= 4 is 28.5 Å². The molecule has 4 nitrogen and oxygen atoms in total. The fraction of sp³-hybridized carbons (Fsp3) is 0.190. The maximum atomic E-state index is 11.7. The highest BCUT2D eigenvalue weighted by atomic mass is 32.2. The molecule has 0 saturated carbocycles. The monoisotopic (exact) mass is 399 g/mol. The summed E-state index contributed by atoms with van der Waals surface area (Å²) in [4.78, 5) is 13.2. The fourth-order valence-corrected chi connectivity index (χ4v) is 4.02. The Kier molecular flexibility index (Phi) is 5.87. The Morgan fingerprint density at radius 2 is 1.74 bits per heavy atom. The number of carboxylic acids is 1. The van der Waals surface area contributed by atoms with Crippen LogP contribution in [-0.2, 0) is 22.0 Å².